The molecule has 4 aromatic rings. The van der Waals surface area contributed by atoms with Gasteiger partial charge in [-0.05, 0) is 36.4 Å². The second-order valence-electron chi connectivity index (χ2n) is 5.89. The van der Waals surface area contributed by atoms with Gasteiger partial charge in [0.05, 0.1) is 12.8 Å². The fraction of sp³-hybridized carbons (Fsp3) is 0.0476. The van der Waals surface area contributed by atoms with Crippen LogP contribution in [-0.2, 0) is 6.54 Å². The molecule has 134 valence electrons. The van der Waals surface area contributed by atoms with E-state index < -0.39 is 0 Å². The summed E-state index contributed by atoms with van der Waals surface area (Å²) in [5.74, 6) is 2.86. The molecule has 0 unspecified atom stereocenters. The highest BCUT2D eigenvalue weighted by atomic mass is 35.5. The van der Waals surface area contributed by atoms with Gasteiger partial charge < -0.3 is 15.1 Å². The van der Waals surface area contributed by atoms with Crippen molar-refractivity contribution in [1.82, 2.24) is 9.97 Å². The Kier molecular flexibility index (Phi) is 5.03. The molecule has 0 radical (unpaired) electrons. The molecule has 6 heteroatoms. The topological polar surface area (TPSA) is 63.0 Å². The van der Waals surface area contributed by atoms with E-state index in [2.05, 4.69) is 20.6 Å². The number of nitrogens with one attached hydrogen (secondary N) is 2. The zero-order chi connectivity index (χ0) is 18.5. The molecule has 0 bridgehead atoms. The molecule has 27 heavy (non-hydrogen) atoms. The quantitative estimate of drug-likeness (QED) is 0.449. The predicted octanol–water partition coefficient (Wildman–Crippen LogP) is 5.75. The van der Waals surface area contributed by atoms with E-state index in [1.54, 1.807) is 6.26 Å². The van der Waals surface area contributed by atoms with Gasteiger partial charge in [-0.2, -0.15) is 0 Å². The second kappa shape index (κ2) is 7.93. The third-order valence-corrected chi connectivity index (χ3v) is 4.15. The first-order valence-corrected chi connectivity index (χ1v) is 8.87. The Morgan fingerprint density at radius 2 is 1.63 bits per heavy atom. The van der Waals surface area contributed by atoms with E-state index in [1.807, 2.05) is 72.8 Å². The van der Waals surface area contributed by atoms with Gasteiger partial charge in [-0.25, -0.2) is 9.97 Å². The van der Waals surface area contributed by atoms with Crippen LogP contribution in [0.25, 0.3) is 11.4 Å². The molecule has 0 saturated heterocycles. The molecule has 2 heterocycles. The van der Waals surface area contributed by atoms with Gasteiger partial charge in [-0.1, -0.05) is 41.9 Å². The first-order valence-electron chi connectivity index (χ1n) is 8.50. The van der Waals surface area contributed by atoms with E-state index in [0.29, 0.717) is 29.0 Å². The van der Waals surface area contributed by atoms with E-state index in [4.69, 9.17) is 16.0 Å². The summed E-state index contributed by atoms with van der Waals surface area (Å²) in [5, 5.41) is 7.28. The van der Waals surface area contributed by atoms with Crippen LogP contribution in [0.2, 0.25) is 5.02 Å². The van der Waals surface area contributed by atoms with Crippen molar-refractivity contribution in [2.45, 2.75) is 6.54 Å². The first kappa shape index (κ1) is 17.1. The van der Waals surface area contributed by atoms with Gasteiger partial charge in [0.15, 0.2) is 5.82 Å². The zero-order valence-corrected chi connectivity index (χ0v) is 15.1. The first-order chi connectivity index (χ1) is 13.3. The monoisotopic (exact) mass is 376 g/mol. The van der Waals surface area contributed by atoms with Crippen LogP contribution in [0, 0.1) is 0 Å². The number of rotatable bonds is 6. The van der Waals surface area contributed by atoms with Crippen LogP contribution >= 0.6 is 11.6 Å². The highest BCUT2D eigenvalue weighted by molar-refractivity contribution is 6.30. The van der Waals surface area contributed by atoms with Crippen molar-refractivity contribution in [2.75, 3.05) is 10.6 Å². The minimum Gasteiger partial charge on any atom is -0.467 e. The SMILES string of the molecule is Clc1ccc(Nc2cc(NCc3ccco3)nc(-c3ccccc3)n2)cc1. The lowest BCUT2D eigenvalue weighted by atomic mass is 10.2. The molecule has 4 rings (SSSR count). The highest BCUT2D eigenvalue weighted by Gasteiger charge is 2.08. The standard InChI is InChI=1S/C21H17ClN4O/c22-16-8-10-17(11-9-16)24-20-13-19(23-14-18-7-4-12-27-18)25-21(26-20)15-5-2-1-3-6-15/h1-13H,14H2,(H2,23,24,25,26). The number of anilines is 3. The maximum atomic E-state index is 5.96. The molecule has 0 aliphatic rings. The van der Waals surface area contributed by atoms with Gasteiger partial charge in [0, 0.05) is 22.3 Å². The Balaban J connectivity index is 1.64. The van der Waals surface area contributed by atoms with Crippen LogP contribution in [0.5, 0.6) is 0 Å². The van der Waals surface area contributed by atoms with E-state index in [0.717, 1.165) is 17.0 Å². The number of hydrogen-bond acceptors (Lipinski definition) is 5. The molecular formula is C21H17ClN4O. The maximum Gasteiger partial charge on any atom is 0.163 e. The molecular weight excluding hydrogens is 360 g/mol. The van der Waals surface area contributed by atoms with Crippen molar-refractivity contribution in [2.24, 2.45) is 0 Å². The van der Waals surface area contributed by atoms with Crippen LogP contribution in [0.3, 0.4) is 0 Å². The summed E-state index contributed by atoms with van der Waals surface area (Å²) in [6.45, 7) is 0.540. The lowest BCUT2D eigenvalue weighted by Crippen LogP contribution is -2.04. The molecule has 0 atom stereocenters. The molecule has 0 saturated carbocycles. The number of aromatic nitrogens is 2. The van der Waals surface area contributed by atoms with Crippen molar-refractivity contribution >= 4 is 28.9 Å². The normalized spacial score (nSPS) is 10.6. The van der Waals surface area contributed by atoms with E-state index in [-0.39, 0.29) is 0 Å². The van der Waals surface area contributed by atoms with Crippen molar-refractivity contribution in [3.63, 3.8) is 0 Å². The fourth-order valence-corrected chi connectivity index (χ4v) is 2.72. The largest absolute Gasteiger partial charge is 0.467 e. The Hall–Kier alpha value is -3.31. The van der Waals surface area contributed by atoms with E-state index >= 15 is 0 Å². The van der Waals surface area contributed by atoms with Crippen LogP contribution in [0.15, 0.2) is 83.5 Å². The fourth-order valence-electron chi connectivity index (χ4n) is 2.59. The van der Waals surface area contributed by atoms with Gasteiger partial charge in [-0.3, -0.25) is 0 Å². The maximum absolute atomic E-state index is 5.96. The highest BCUT2D eigenvalue weighted by Crippen LogP contribution is 2.24. The summed E-state index contributed by atoms with van der Waals surface area (Å²) in [6, 6.07) is 23.0. The number of halogens is 1. The number of hydrogen-bond donors (Lipinski definition) is 2. The van der Waals surface area contributed by atoms with Crippen LogP contribution < -0.4 is 10.6 Å². The van der Waals surface area contributed by atoms with E-state index in [9.17, 15) is 0 Å². The number of nitrogens with zero attached hydrogens (tertiary/aromatic N) is 2. The number of benzene rings is 2. The summed E-state index contributed by atoms with van der Waals surface area (Å²) in [6.07, 6.45) is 1.65. The summed E-state index contributed by atoms with van der Waals surface area (Å²) in [7, 11) is 0. The minimum absolute atomic E-state index is 0.540. The van der Waals surface area contributed by atoms with Gasteiger partial charge in [0.25, 0.3) is 0 Å². The minimum atomic E-state index is 0.540. The molecule has 0 spiro atoms. The van der Waals surface area contributed by atoms with Crippen LogP contribution in [0.4, 0.5) is 17.3 Å². The average molecular weight is 377 g/mol. The predicted molar refractivity (Wildman–Crippen MR) is 108 cm³/mol. The molecule has 2 aromatic carbocycles. The van der Waals surface area contributed by atoms with Crippen molar-refractivity contribution in [1.29, 1.82) is 0 Å². The third-order valence-electron chi connectivity index (χ3n) is 3.90. The van der Waals surface area contributed by atoms with Crippen LogP contribution in [-0.4, -0.2) is 9.97 Å². The summed E-state index contributed by atoms with van der Waals surface area (Å²) in [4.78, 5) is 9.28. The summed E-state index contributed by atoms with van der Waals surface area (Å²) < 4.78 is 5.37. The smallest absolute Gasteiger partial charge is 0.163 e. The van der Waals surface area contributed by atoms with Gasteiger partial charge in [0.1, 0.15) is 17.4 Å². The molecule has 0 amide bonds. The average Bonchev–Trinajstić information content (AvgIpc) is 3.22. The lowest BCUT2D eigenvalue weighted by molar-refractivity contribution is 0.518. The molecule has 0 aliphatic heterocycles. The van der Waals surface area contributed by atoms with E-state index in [1.165, 1.54) is 0 Å². The Bertz CT molecular complexity index is 1000. The van der Waals surface area contributed by atoms with Gasteiger partial charge in [-0.15, -0.1) is 0 Å². The molecule has 2 N–H and O–H groups in total. The van der Waals surface area contributed by atoms with Crippen LogP contribution in [0.1, 0.15) is 5.76 Å². The van der Waals surface area contributed by atoms with Crippen molar-refractivity contribution in [3.05, 3.63) is 89.8 Å². The van der Waals surface area contributed by atoms with Gasteiger partial charge in [0.2, 0.25) is 0 Å². The Morgan fingerprint density at radius 1 is 0.852 bits per heavy atom. The summed E-state index contributed by atoms with van der Waals surface area (Å²) >= 11 is 5.96. The Morgan fingerprint density at radius 3 is 2.37 bits per heavy atom. The third kappa shape index (κ3) is 4.46. The van der Waals surface area contributed by atoms with Gasteiger partial charge >= 0.3 is 0 Å². The Labute approximate surface area is 162 Å². The molecule has 0 fully saturated rings. The molecule has 2 aromatic heterocycles. The van der Waals surface area contributed by atoms with Crippen molar-refractivity contribution < 1.29 is 4.42 Å². The zero-order valence-electron chi connectivity index (χ0n) is 14.4. The van der Waals surface area contributed by atoms with Crippen molar-refractivity contribution in [3.8, 4) is 11.4 Å². The molecule has 0 aliphatic carbocycles. The number of furan rings is 1. The summed E-state index contributed by atoms with van der Waals surface area (Å²) in [5.41, 5.74) is 1.84. The second-order valence-corrected chi connectivity index (χ2v) is 6.33. The molecule has 5 nitrogen and oxygen atoms in total. The lowest BCUT2D eigenvalue weighted by Gasteiger charge is -2.11.